The predicted molar refractivity (Wildman–Crippen MR) is 67.2 cm³/mol. The van der Waals surface area contributed by atoms with Crippen LogP contribution >= 0.6 is 0 Å². The van der Waals surface area contributed by atoms with Gasteiger partial charge in [0.05, 0.1) is 6.54 Å². The van der Waals surface area contributed by atoms with E-state index >= 15 is 0 Å². The zero-order valence-corrected chi connectivity index (χ0v) is 10.3. The van der Waals surface area contributed by atoms with E-state index in [-0.39, 0.29) is 6.54 Å². The third-order valence-electron chi connectivity index (χ3n) is 2.57. The smallest absolute Gasteiger partial charge is 0.333 e. The van der Waals surface area contributed by atoms with E-state index in [4.69, 9.17) is 5.73 Å². The topological polar surface area (TPSA) is 122 Å². The highest BCUT2D eigenvalue weighted by molar-refractivity contribution is 5.88. The number of carboxylic acid groups (broad SMARTS) is 1. The van der Waals surface area contributed by atoms with Gasteiger partial charge in [0.15, 0.2) is 5.54 Å². The number of carboxylic acids is 1. The molecule has 0 bridgehead atoms. The minimum Gasteiger partial charge on any atom is -0.479 e. The van der Waals surface area contributed by atoms with Crippen molar-refractivity contribution >= 4 is 17.9 Å². The molecule has 0 saturated heterocycles. The van der Waals surface area contributed by atoms with Crippen LogP contribution in [0.1, 0.15) is 12.5 Å². The lowest BCUT2D eigenvalue weighted by Crippen LogP contribution is -2.53. The van der Waals surface area contributed by atoms with Crippen molar-refractivity contribution in [3.05, 3.63) is 35.9 Å². The number of nitrogens with one attached hydrogen (secondary N) is 2. The van der Waals surface area contributed by atoms with Crippen LogP contribution < -0.4 is 16.4 Å². The van der Waals surface area contributed by atoms with Gasteiger partial charge in [-0.05, 0) is 12.5 Å². The van der Waals surface area contributed by atoms with Crippen LogP contribution in [-0.2, 0) is 15.1 Å². The molecule has 0 aromatic heterocycles. The summed E-state index contributed by atoms with van der Waals surface area (Å²) in [6.07, 6.45) is 0. The van der Waals surface area contributed by atoms with E-state index in [9.17, 15) is 19.5 Å². The van der Waals surface area contributed by atoms with Gasteiger partial charge in [0, 0.05) is 0 Å². The van der Waals surface area contributed by atoms with E-state index in [1.54, 1.807) is 30.3 Å². The van der Waals surface area contributed by atoms with Gasteiger partial charge in [-0.25, -0.2) is 9.59 Å². The Morgan fingerprint density at radius 3 is 2.32 bits per heavy atom. The SMILES string of the molecule is CC(NC(=O)NCC(N)=O)(C(=O)O)c1ccccc1. The maximum Gasteiger partial charge on any atom is 0.333 e. The fraction of sp³-hybridized carbons (Fsp3) is 0.250. The average Bonchev–Trinajstić information content (AvgIpc) is 2.37. The monoisotopic (exact) mass is 265 g/mol. The van der Waals surface area contributed by atoms with Crippen LogP contribution in [0.15, 0.2) is 30.3 Å². The van der Waals surface area contributed by atoms with E-state index in [1.165, 1.54) is 6.92 Å². The molecular weight excluding hydrogens is 250 g/mol. The highest BCUT2D eigenvalue weighted by Gasteiger charge is 2.36. The lowest BCUT2D eigenvalue weighted by molar-refractivity contribution is -0.144. The van der Waals surface area contributed by atoms with E-state index in [1.807, 2.05) is 0 Å². The van der Waals surface area contributed by atoms with Crippen molar-refractivity contribution in [3.63, 3.8) is 0 Å². The summed E-state index contributed by atoms with van der Waals surface area (Å²) in [7, 11) is 0. The van der Waals surface area contributed by atoms with Gasteiger partial charge in [0.1, 0.15) is 0 Å². The predicted octanol–water partition coefficient (Wildman–Crippen LogP) is -0.229. The maximum atomic E-state index is 11.5. The third kappa shape index (κ3) is 3.70. The fourth-order valence-corrected chi connectivity index (χ4v) is 1.46. The van der Waals surface area contributed by atoms with Crippen molar-refractivity contribution in [1.82, 2.24) is 10.6 Å². The number of benzene rings is 1. The molecule has 0 fully saturated rings. The molecule has 0 heterocycles. The van der Waals surface area contributed by atoms with Crippen molar-refractivity contribution in [2.75, 3.05) is 6.54 Å². The quantitative estimate of drug-likeness (QED) is 0.587. The molecule has 0 saturated carbocycles. The molecule has 1 rings (SSSR count). The Morgan fingerprint density at radius 2 is 1.84 bits per heavy atom. The standard InChI is InChI=1S/C12H15N3O4/c1-12(10(17)18,8-5-3-2-4-6-8)15-11(19)14-7-9(13)16/h2-6H,7H2,1H3,(H2,13,16)(H,17,18)(H2,14,15,19). The zero-order chi connectivity index (χ0) is 14.5. The summed E-state index contributed by atoms with van der Waals surface area (Å²) >= 11 is 0. The first-order valence-corrected chi connectivity index (χ1v) is 5.49. The molecule has 5 N–H and O–H groups in total. The molecule has 0 aliphatic carbocycles. The number of rotatable bonds is 5. The molecule has 0 spiro atoms. The van der Waals surface area contributed by atoms with Crippen molar-refractivity contribution in [1.29, 1.82) is 0 Å². The number of urea groups is 1. The molecule has 0 radical (unpaired) electrons. The number of carbonyl (C=O) groups is 3. The lowest BCUT2D eigenvalue weighted by Gasteiger charge is -2.26. The van der Waals surface area contributed by atoms with E-state index in [2.05, 4.69) is 10.6 Å². The largest absolute Gasteiger partial charge is 0.479 e. The zero-order valence-electron chi connectivity index (χ0n) is 10.3. The molecule has 1 unspecified atom stereocenters. The average molecular weight is 265 g/mol. The van der Waals surface area contributed by atoms with Gasteiger partial charge in [-0.2, -0.15) is 0 Å². The molecule has 7 nitrogen and oxygen atoms in total. The Morgan fingerprint density at radius 1 is 1.26 bits per heavy atom. The molecule has 0 aliphatic rings. The molecule has 1 aromatic carbocycles. The highest BCUT2D eigenvalue weighted by atomic mass is 16.4. The van der Waals surface area contributed by atoms with Gasteiger partial charge >= 0.3 is 12.0 Å². The number of hydrogen-bond acceptors (Lipinski definition) is 3. The Labute approximate surface area is 109 Å². The Hall–Kier alpha value is -2.57. The van der Waals surface area contributed by atoms with E-state index < -0.39 is 23.4 Å². The summed E-state index contributed by atoms with van der Waals surface area (Å²) in [5.41, 5.74) is 3.70. The number of aliphatic carboxylic acids is 1. The number of hydrogen-bond donors (Lipinski definition) is 4. The van der Waals surface area contributed by atoms with Crippen LogP contribution in [0, 0.1) is 0 Å². The fourth-order valence-electron chi connectivity index (χ4n) is 1.46. The molecule has 7 heteroatoms. The van der Waals surface area contributed by atoms with E-state index in [0.717, 1.165) is 0 Å². The summed E-state index contributed by atoms with van der Waals surface area (Å²) in [6.45, 7) is 0.991. The summed E-state index contributed by atoms with van der Waals surface area (Å²) in [4.78, 5) is 33.4. The van der Waals surface area contributed by atoms with Crippen LogP contribution in [0.2, 0.25) is 0 Å². The van der Waals surface area contributed by atoms with Crippen LogP contribution in [0.25, 0.3) is 0 Å². The van der Waals surface area contributed by atoms with Crippen molar-refractivity contribution < 1.29 is 19.5 Å². The Bertz CT molecular complexity index is 489. The van der Waals surface area contributed by atoms with Crippen LogP contribution in [-0.4, -0.2) is 29.6 Å². The lowest BCUT2D eigenvalue weighted by atomic mass is 9.92. The van der Waals surface area contributed by atoms with Crippen LogP contribution in [0.4, 0.5) is 4.79 Å². The van der Waals surface area contributed by atoms with Crippen LogP contribution in [0.5, 0.6) is 0 Å². The first-order valence-electron chi connectivity index (χ1n) is 5.49. The number of amides is 3. The van der Waals surface area contributed by atoms with Gasteiger partial charge in [-0.1, -0.05) is 30.3 Å². The van der Waals surface area contributed by atoms with Crippen LogP contribution in [0.3, 0.4) is 0 Å². The minimum atomic E-state index is -1.59. The summed E-state index contributed by atoms with van der Waals surface area (Å²) in [5, 5.41) is 13.8. The Kier molecular flexibility index (Phi) is 4.46. The van der Waals surface area contributed by atoms with Gasteiger partial charge in [0.25, 0.3) is 0 Å². The molecule has 0 aliphatic heterocycles. The summed E-state index contributed by atoms with van der Waals surface area (Å²) in [5.74, 6) is -1.93. The molecule has 1 aromatic rings. The Balaban J connectivity index is 2.87. The molecule has 3 amide bonds. The van der Waals surface area contributed by atoms with E-state index in [0.29, 0.717) is 5.56 Å². The van der Waals surface area contributed by atoms with Gasteiger partial charge < -0.3 is 21.5 Å². The number of carbonyl (C=O) groups excluding carboxylic acids is 2. The number of nitrogens with two attached hydrogens (primary N) is 1. The number of primary amides is 1. The minimum absolute atomic E-state index is 0.365. The van der Waals surface area contributed by atoms with Gasteiger partial charge in [0.2, 0.25) is 5.91 Å². The van der Waals surface area contributed by atoms with Crippen molar-refractivity contribution in [2.24, 2.45) is 5.73 Å². The van der Waals surface area contributed by atoms with Crippen molar-refractivity contribution in [2.45, 2.75) is 12.5 Å². The molecular formula is C12H15N3O4. The third-order valence-corrected chi connectivity index (χ3v) is 2.57. The first kappa shape index (κ1) is 14.5. The second-order valence-corrected chi connectivity index (χ2v) is 4.07. The summed E-state index contributed by atoms with van der Waals surface area (Å²) in [6, 6.07) is 7.45. The molecule has 1 atom stereocenters. The second kappa shape index (κ2) is 5.85. The second-order valence-electron chi connectivity index (χ2n) is 4.07. The van der Waals surface area contributed by atoms with Crippen molar-refractivity contribution in [3.8, 4) is 0 Å². The maximum absolute atomic E-state index is 11.5. The highest BCUT2D eigenvalue weighted by Crippen LogP contribution is 2.20. The first-order chi connectivity index (χ1) is 8.86. The summed E-state index contributed by atoms with van der Waals surface area (Å²) < 4.78 is 0. The van der Waals surface area contributed by atoms with Gasteiger partial charge in [-0.3, -0.25) is 4.79 Å². The normalized spacial score (nSPS) is 13.1. The van der Waals surface area contributed by atoms with Gasteiger partial charge in [-0.15, -0.1) is 0 Å². The molecule has 19 heavy (non-hydrogen) atoms. The molecule has 102 valence electrons.